The van der Waals surface area contributed by atoms with Crippen molar-refractivity contribution in [1.82, 2.24) is 10.1 Å². The number of hydrogen-bond donors (Lipinski definition) is 0. The number of pyridine rings is 1. The molecule has 0 spiro atoms. The van der Waals surface area contributed by atoms with Crippen molar-refractivity contribution in [3.05, 3.63) is 60.4 Å². The predicted octanol–water partition coefficient (Wildman–Crippen LogP) is 3.69. The lowest BCUT2D eigenvalue weighted by Crippen LogP contribution is -1.90. The number of hydrogen-bond acceptors (Lipinski definition) is 4. The van der Waals surface area contributed by atoms with Crippen LogP contribution in [0.5, 0.6) is 0 Å². The molecular weight excluding hydrogens is 271 g/mol. The van der Waals surface area contributed by atoms with Gasteiger partial charge in [-0.25, -0.2) is 4.39 Å². The van der Waals surface area contributed by atoms with Crippen LogP contribution in [0.4, 0.5) is 4.39 Å². The summed E-state index contributed by atoms with van der Waals surface area (Å²) >= 11 is 0. The molecule has 0 radical (unpaired) electrons. The number of ether oxygens (including phenoxy) is 1. The normalized spacial score (nSPS) is 10.8. The molecule has 21 heavy (non-hydrogen) atoms. The van der Waals surface area contributed by atoms with Crippen LogP contribution in [0.15, 0.2) is 53.3 Å². The van der Waals surface area contributed by atoms with Gasteiger partial charge >= 0.3 is 0 Å². The first kappa shape index (κ1) is 13.5. The van der Waals surface area contributed by atoms with E-state index in [1.807, 2.05) is 12.1 Å². The second-order valence-corrected chi connectivity index (χ2v) is 4.51. The third-order valence-electron chi connectivity index (χ3n) is 3.12. The van der Waals surface area contributed by atoms with Gasteiger partial charge < -0.3 is 9.26 Å². The number of aromatic nitrogens is 2. The number of nitrogens with zero attached hydrogens (tertiary/aromatic N) is 2. The molecule has 0 fully saturated rings. The first-order valence-electron chi connectivity index (χ1n) is 6.43. The highest BCUT2D eigenvalue weighted by molar-refractivity contribution is 5.81. The zero-order valence-corrected chi connectivity index (χ0v) is 11.4. The fourth-order valence-electron chi connectivity index (χ4n) is 2.17. The largest absolute Gasteiger partial charge is 0.377 e. The highest BCUT2D eigenvalue weighted by Crippen LogP contribution is 2.34. The number of halogens is 1. The third kappa shape index (κ3) is 2.68. The van der Waals surface area contributed by atoms with E-state index in [0.717, 1.165) is 16.7 Å². The predicted molar refractivity (Wildman–Crippen MR) is 75.8 cm³/mol. The summed E-state index contributed by atoms with van der Waals surface area (Å²) in [4.78, 5) is 4.00. The van der Waals surface area contributed by atoms with E-state index in [0.29, 0.717) is 18.1 Å². The minimum absolute atomic E-state index is 0.283. The first-order chi connectivity index (χ1) is 10.3. The monoisotopic (exact) mass is 284 g/mol. The molecule has 3 aromatic rings. The lowest BCUT2D eigenvalue weighted by atomic mass is 10.00. The zero-order valence-electron chi connectivity index (χ0n) is 11.4. The summed E-state index contributed by atoms with van der Waals surface area (Å²) in [5, 5.41) is 4.13. The van der Waals surface area contributed by atoms with Crippen LogP contribution >= 0.6 is 0 Å². The van der Waals surface area contributed by atoms with Gasteiger partial charge in [-0.15, -0.1) is 0 Å². The van der Waals surface area contributed by atoms with Gasteiger partial charge in [-0.2, -0.15) is 0 Å². The molecule has 5 heteroatoms. The highest BCUT2D eigenvalue weighted by atomic mass is 19.1. The van der Waals surface area contributed by atoms with E-state index in [1.54, 1.807) is 31.6 Å². The summed E-state index contributed by atoms with van der Waals surface area (Å²) in [6.45, 7) is 0.296. The quantitative estimate of drug-likeness (QED) is 0.733. The summed E-state index contributed by atoms with van der Waals surface area (Å²) in [6.07, 6.45) is 3.38. The van der Waals surface area contributed by atoms with Crippen LogP contribution in [0.3, 0.4) is 0 Å². The molecule has 0 saturated carbocycles. The van der Waals surface area contributed by atoms with Gasteiger partial charge in [0, 0.05) is 25.1 Å². The van der Waals surface area contributed by atoms with Gasteiger partial charge in [0.05, 0.1) is 5.56 Å². The molecule has 0 aliphatic carbocycles. The molecule has 0 bridgehead atoms. The molecule has 0 amide bonds. The van der Waals surface area contributed by atoms with Gasteiger partial charge in [0.25, 0.3) is 0 Å². The van der Waals surface area contributed by atoms with E-state index in [9.17, 15) is 4.39 Å². The molecule has 0 aliphatic rings. The summed E-state index contributed by atoms with van der Waals surface area (Å²) in [5.41, 5.74) is 3.21. The topological polar surface area (TPSA) is 48.2 Å². The van der Waals surface area contributed by atoms with Crippen molar-refractivity contribution in [3.63, 3.8) is 0 Å². The molecule has 3 rings (SSSR count). The van der Waals surface area contributed by atoms with E-state index in [4.69, 9.17) is 9.26 Å². The maximum absolute atomic E-state index is 13.1. The van der Waals surface area contributed by atoms with Crippen LogP contribution in [0, 0.1) is 5.82 Å². The van der Waals surface area contributed by atoms with Gasteiger partial charge in [0.2, 0.25) is 0 Å². The lowest BCUT2D eigenvalue weighted by molar-refractivity contribution is 0.156. The summed E-state index contributed by atoms with van der Waals surface area (Å²) in [6, 6.07) is 9.92. The minimum Gasteiger partial charge on any atom is -0.377 e. The fraction of sp³-hybridized carbons (Fsp3) is 0.125. The van der Waals surface area contributed by atoms with Crippen LogP contribution < -0.4 is 0 Å². The fourth-order valence-corrected chi connectivity index (χ4v) is 2.17. The molecule has 0 atom stereocenters. The molecule has 0 saturated heterocycles. The second-order valence-electron chi connectivity index (χ2n) is 4.51. The maximum atomic E-state index is 13.1. The molecule has 106 valence electrons. The Morgan fingerprint density at radius 3 is 2.43 bits per heavy atom. The Balaban J connectivity index is 2.16. The van der Waals surface area contributed by atoms with Crippen LogP contribution in [0.2, 0.25) is 0 Å². The third-order valence-corrected chi connectivity index (χ3v) is 3.12. The summed E-state index contributed by atoms with van der Waals surface area (Å²) in [7, 11) is 1.59. The van der Waals surface area contributed by atoms with Crippen molar-refractivity contribution < 1.29 is 13.7 Å². The number of methoxy groups -OCH3 is 1. The molecule has 2 heterocycles. The molecule has 0 unspecified atom stereocenters. The number of benzene rings is 1. The van der Waals surface area contributed by atoms with E-state index in [-0.39, 0.29) is 5.82 Å². The van der Waals surface area contributed by atoms with E-state index in [2.05, 4.69) is 10.1 Å². The standard InChI is InChI=1S/C16H13FN2O2/c1-20-10-14-15(11-2-4-13(17)5-3-11)16(19-21-14)12-6-8-18-9-7-12/h2-9H,10H2,1H3. The van der Waals surface area contributed by atoms with Crippen molar-refractivity contribution in [3.8, 4) is 22.4 Å². The van der Waals surface area contributed by atoms with E-state index >= 15 is 0 Å². The average Bonchev–Trinajstić information content (AvgIpc) is 2.93. The van der Waals surface area contributed by atoms with Crippen LogP contribution in [0.25, 0.3) is 22.4 Å². The Hall–Kier alpha value is -2.53. The van der Waals surface area contributed by atoms with E-state index in [1.165, 1.54) is 12.1 Å². The molecule has 2 aromatic heterocycles. The van der Waals surface area contributed by atoms with Crippen molar-refractivity contribution in [2.45, 2.75) is 6.61 Å². The molecule has 1 aromatic carbocycles. The van der Waals surface area contributed by atoms with Crippen molar-refractivity contribution in [2.75, 3.05) is 7.11 Å². The Morgan fingerprint density at radius 2 is 1.76 bits per heavy atom. The average molecular weight is 284 g/mol. The van der Waals surface area contributed by atoms with Gasteiger partial charge in [0.1, 0.15) is 18.1 Å². The Labute approximate surface area is 121 Å². The van der Waals surface area contributed by atoms with Gasteiger partial charge in [0.15, 0.2) is 5.76 Å². The van der Waals surface area contributed by atoms with E-state index < -0.39 is 0 Å². The Morgan fingerprint density at radius 1 is 1.05 bits per heavy atom. The van der Waals surface area contributed by atoms with Crippen LogP contribution in [-0.2, 0) is 11.3 Å². The smallest absolute Gasteiger partial charge is 0.170 e. The van der Waals surface area contributed by atoms with Crippen molar-refractivity contribution in [2.24, 2.45) is 0 Å². The minimum atomic E-state index is -0.283. The Bertz CT molecular complexity index is 724. The van der Waals surface area contributed by atoms with Gasteiger partial charge in [-0.3, -0.25) is 4.98 Å². The van der Waals surface area contributed by atoms with Crippen LogP contribution in [-0.4, -0.2) is 17.3 Å². The SMILES string of the molecule is COCc1onc(-c2ccncc2)c1-c1ccc(F)cc1. The zero-order chi connectivity index (χ0) is 14.7. The van der Waals surface area contributed by atoms with Crippen LogP contribution in [0.1, 0.15) is 5.76 Å². The maximum Gasteiger partial charge on any atom is 0.170 e. The molecule has 4 nitrogen and oxygen atoms in total. The molecule has 0 N–H and O–H groups in total. The summed E-state index contributed by atoms with van der Waals surface area (Å²) < 4.78 is 23.7. The highest BCUT2D eigenvalue weighted by Gasteiger charge is 2.19. The summed E-state index contributed by atoms with van der Waals surface area (Å²) in [5.74, 6) is 0.324. The molecular formula is C16H13FN2O2. The van der Waals surface area contributed by atoms with Gasteiger partial charge in [-0.1, -0.05) is 17.3 Å². The van der Waals surface area contributed by atoms with Gasteiger partial charge in [-0.05, 0) is 29.8 Å². The molecule has 0 aliphatic heterocycles. The Kier molecular flexibility index (Phi) is 3.75. The van der Waals surface area contributed by atoms with Crippen molar-refractivity contribution >= 4 is 0 Å². The van der Waals surface area contributed by atoms with Crippen molar-refractivity contribution in [1.29, 1.82) is 0 Å². The number of rotatable bonds is 4. The second kappa shape index (κ2) is 5.85. The lowest BCUT2D eigenvalue weighted by Gasteiger charge is -2.04. The first-order valence-corrected chi connectivity index (χ1v) is 6.43.